The summed E-state index contributed by atoms with van der Waals surface area (Å²) < 4.78 is 0. The van der Waals surface area contributed by atoms with Crippen LogP contribution in [0.1, 0.15) is 38.2 Å². The highest BCUT2D eigenvalue weighted by atomic mass is 16.2. The number of carbonyl (C=O) groups excluding carboxylic acids is 1. The maximum atomic E-state index is 12.5. The minimum Gasteiger partial charge on any atom is -0.341 e. The van der Waals surface area contributed by atoms with Gasteiger partial charge >= 0.3 is 0 Å². The minimum absolute atomic E-state index is 0.120. The largest absolute Gasteiger partial charge is 0.341 e. The number of nitriles is 1. The molecule has 0 radical (unpaired) electrons. The average Bonchev–Trinajstić information content (AvgIpc) is 3.23. The minimum atomic E-state index is 0.120. The van der Waals surface area contributed by atoms with Crippen LogP contribution >= 0.6 is 0 Å². The number of nitrogens with zero attached hydrogens (tertiary/aromatic N) is 2. The van der Waals surface area contributed by atoms with E-state index >= 15 is 0 Å². The van der Waals surface area contributed by atoms with Crippen LogP contribution in [0.25, 0.3) is 0 Å². The van der Waals surface area contributed by atoms with E-state index in [1.54, 1.807) is 0 Å². The lowest BCUT2D eigenvalue weighted by Crippen LogP contribution is -2.36. The molecule has 1 amide bonds. The molecule has 2 atom stereocenters. The van der Waals surface area contributed by atoms with Crippen LogP contribution in [0, 0.1) is 23.2 Å². The van der Waals surface area contributed by atoms with Crippen molar-refractivity contribution in [3.05, 3.63) is 35.9 Å². The van der Waals surface area contributed by atoms with E-state index in [-0.39, 0.29) is 11.8 Å². The molecule has 0 heterocycles. The Morgan fingerprint density at radius 3 is 2.70 bits per heavy atom. The summed E-state index contributed by atoms with van der Waals surface area (Å²) in [5.74, 6) is 1.16. The smallest absolute Gasteiger partial charge is 0.226 e. The molecule has 20 heavy (non-hydrogen) atoms. The number of hydrogen-bond donors (Lipinski definition) is 0. The van der Waals surface area contributed by atoms with E-state index in [4.69, 9.17) is 5.26 Å². The van der Waals surface area contributed by atoms with E-state index in [2.05, 4.69) is 32.0 Å². The lowest BCUT2D eigenvalue weighted by Gasteiger charge is -2.24. The van der Waals surface area contributed by atoms with Crippen molar-refractivity contribution in [2.45, 2.75) is 32.6 Å². The molecule has 1 saturated carbocycles. The van der Waals surface area contributed by atoms with Crippen molar-refractivity contribution in [3.63, 3.8) is 0 Å². The van der Waals surface area contributed by atoms with Crippen LogP contribution in [0.15, 0.2) is 30.3 Å². The van der Waals surface area contributed by atoms with E-state index in [0.717, 1.165) is 13.0 Å². The van der Waals surface area contributed by atoms with Gasteiger partial charge in [0.25, 0.3) is 0 Å². The normalized spacial score (nSPS) is 20.5. The van der Waals surface area contributed by atoms with Crippen molar-refractivity contribution in [3.8, 4) is 6.07 Å². The molecule has 0 aliphatic heterocycles. The van der Waals surface area contributed by atoms with Gasteiger partial charge < -0.3 is 4.90 Å². The lowest BCUT2D eigenvalue weighted by molar-refractivity contribution is -0.133. The van der Waals surface area contributed by atoms with Gasteiger partial charge in [0.15, 0.2) is 0 Å². The predicted molar refractivity (Wildman–Crippen MR) is 78.9 cm³/mol. The van der Waals surface area contributed by atoms with E-state index in [0.29, 0.717) is 24.8 Å². The fourth-order valence-corrected chi connectivity index (χ4v) is 2.69. The maximum Gasteiger partial charge on any atom is 0.226 e. The van der Waals surface area contributed by atoms with Crippen molar-refractivity contribution in [1.29, 1.82) is 5.26 Å². The van der Waals surface area contributed by atoms with Gasteiger partial charge in [0, 0.05) is 19.0 Å². The molecule has 1 aromatic rings. The highest BCUT2D eigenvalue weighted by Crippen LogP contribution is 2.48. The topological polar surface area (TPSA) is 44.1 Å². The molecule has 106 valence electrons. The summed E-state index contributed by atoms with van der Waals surface area (Å²) in [4.78, 5) is 14.4. The van der Waals surface area contributed by atoms with Crippen molar-refractivity contribution in [2.75, 3.05) is 13.1 Å². The van der Waals surface area contributed by atoms with Crippen LogP contribution in [0.5, 0.6) is 0 Å². The van der Waals surface area contributed by atoms with E-state index in [1.165, 1.54) is 5.56 Å². The number of benzene rings is 1. The van der Waals surface area contributed by atoms with Gasteiger partial charge in [0.05, 0.1) is 12.5 Å². The van der Waals surface area contributed by atoms with Gasteiger partial charge in [0.1, 0.15) is 0 Å². The van der Waals surface area contributed by atoms with Crippen molar-refractivity contribution in [1.82, 2.24) is 4.90 Å². The average molecular weight is 270 g/mol. The van der Waals surface area contributed by atoms with Crippen LogP contribution < -0.4 is 0 Å². The van der Waals surface area contributed by atoms with E-state index in [1.807, 2.05) is 23.1 Å². The molecule has 3 heteroatoms. The fraction of sp³-hybridized carbons (Fsp3) is 0.529. The first-order chi connectivity index (χ1) is 9.63. The second-order valence-corrected chi connectivity index (χ2v) is 5.95. The third kappa shape index (κ3) is 3.60. The monoisotopic (exact) mass is 270 g/mol. The Labute approximate surface area is 121 Å². The first-order valence-corrected chi connectivity index (χ1v) is 7.34. The zero-order valence-corrected chi connectivity index (χ0v) is 12.2. The summed E-state index contributed by atoms with van der Waals surface area (Å²) in [6, 6.07) is 12.4. The Bertz CT molecular complexity index is 489. The van der Waals surface area contributed by atoms with Gasteiger partial charge in [-0.1, -0.05) is 44.2 Å². The lowest BCUT2D eigenvalue weighted by atomic mass is 10.1. The summed E-state index contributed by atoms with van der Waals surface area (Å²) in [7, 11) is 0. The van der Waals surface area contributed by atoms with Gasteiger partial charge in [-0.2, -0.15) is 5.26 Å². The summed E-state index contributed by atoms with van der Waals surface area (Å²) in [6.45, 7) is 5.52. The summed E-state index contributed by atoms with van der Waals surface area (Å²) >= 11 is 0. The SMILES string of the molecule is CC(C)CN(CCC#N)C(=O)C1CC1c1ccccc1. The molecular formula is C17H22N2O. The predicted octanol–water partition coefficient (Wildman–Crippen LogP) is 3.19. The molecule has 0 bridgehead atoms. The standard InChI is InChI=1S/C17H22N2O/c1-13(2)12-19(10-6-9-18)17(20)16-11-15(16)14-7-4-3-5-8-14/h3-5,7-8,13,15-16H,6,10-12H2,1-2H3. The van der Waals surface area contributed by atoms with Crippen molar-refractivity contribution < 1.29 is 4.79 Å². The van der Waals surface area contributed by atoms with Gasteiger partial charge in [-0.3, -0.25) is 4.79 Å². The quantitative estimate of drug-likeness (QED) is 0.796. The third-order valence-electron chi connectivity index (χ3n) is 3.73. The molecular weight excluding hydrogens is 248 g/mol. The molecule has 1 aliphatic carbocycles. The number of hydrogen-bond acceptors (Lipinski definition) is 2. The van der Waals surface area contributed by atoms with Crippen molar-refractivity contribution in [2.24, 2.45) is 11.8 Å². The van der Waals surface area contributed by atoms with Gasteiger partial charge in [-0.25, -0.2) is 0 Å². The summed E-state index contributed by atoms with van der Waals surface area (Å²) in [5, 5.41) is 8.73. The zero-order valence-electron chi connectivity index (χ0n) is 12.2. The second-order valence-electron chi connectivity index (χ2n) is 5.95. The highest BCUT2D eigenvalue weighted by molar-refractivity contribution is 5.83. The molecule has 0 saturated heterocycles. The fourth-order valence-electron chi connectivity index (χ4n) is 2.69. The first-order valence-electron chi connectivity index (χ1n) is 7.34. The zero-order chi connectivity index (χ0) is 14.5. The molecule has 0 N–H and O–H groups in total. The Hall–Kier alpha value is -1.82. The summed E-state index contributed by atoms with van der Waals surface area (Å²) in [6.07, 6.45) is 1.37. The molecule has 0 aromatic heterocycles. The number of amides is 1. The first kappa shape index (κ1) is 14.6. The maximum absolute atomic E-state index is 12.5. The van der Waals surface area contributed by atoms with Crippen LogP contribution in [-0.4, -0.2) is 23.9 Å². The molecule has 1 aromatic carbocycles. The van der Waals surface area contributed by atoms with Crippen LogP contribution in [0.4, 0.5) is 0 Å². The third-order valence-corrected chi connectivity index (χ3v) is 3.73. The molecule has 1 fully saturated rings. The van der Waals surface area contributed by atoms with Gasteiger partial charge in [0.2, 0.25) is 5.91 Å². The number of rotatable bonds is 6. The highest BCUT2D eigenvalue weighted by Gasteiger charge is 2.45. The number of carbonyl (C=O) groups is 1. The van der Waals surface area contributed by atoms with Gasteiger partial charge in [-0.05, 0) is 23.8 Å². The van der Waals surface area contributed by atoms with Crippen molar-refractivity contribution >= 4 is 5.91 Å². The second kappa shape index (κ2) is 6.56. The van der Waals surface area contributed by atoms with E-state index in [9.17, 15) is 4.79 Å². The molecule has 1 aliphatic rings. The van der Waals surface area contributed by atoms with Gasteiger partial charge in [-0.15, -0.1) is 0 Å². The molecule has 2 rings (SSSR count). The molecule has 0 spiro atoms. The van der Waals surface area contributed by atoms with Crippen LogP contribution in [-0.2, 0) is 4.79 Å². The van der Waals surface area contributed by atoms with Crippen LogP contribution in [0.3, 0.4) is 0 Å². The Morgan fingerprint density at radius 2 is 2.10 bits per heavy atom. The van der Waals surface area contributed by atoms with E-state index < -0.39 is 0 Å². The Kier molecular flexibility index (Phi) is 4.79. The molecule has 3 nitrogen and oxygen atoms in total. The molecule has 2 unspecified atom stereocenters. The Morgan fingerprint density at radius 1 is 1.40 bits per heavy atom. The summed E-state index contributed by atoms with van der Waals surface area (Å²) in [5.41, 5.74) is 1.26. The van der Waals surface area contributed by atoms with Crippen LogP contribution in [0.2, 0.25) is 0 Å². The Balaban J connectivity index is 1.97.